The number of nitrogens with one attached hydrogen (secondary N) is 1. The molecule has 0 amide bonds. The highest BCUT2D eigenvalue weighted by Crippen LogP contribution is 2.31. The average Bonchev–Trinajstić information content (AvgIpc) is 2.52. The van der Waals surface area contributed by atoms with Crippen LogP contribution in [-0.4, -0.2) is 7.05 Å². The number of hydrogen-bond acceptors (Lipinski definition) is 1. The Morgan fingerprint density at radius 1 is 1.05 bits per heavy atom. The second-order valence-electron chi connectivity index (χ2n) is 5.42. The minimum Gasteiger partial charge on any atom is -0.309 e. The molecule has 1 nitrogen and oxygen atoms in total. The van der Waals surface area contributed by atoms with Crippen molar-refractivity contribution in [2.45, 2.75) is 39.7 Å². The second-order valence-corrected chi connectivity index (χ2v) is 5.82. The van der Waals surface area contributed by atoms with Crippen LogP contribution >= 0.6 is 11.6 Å². The van der Waals surface area contributed by atoms with E-state index in [1.807, 2.05) is 19.2 Å². The molecule has 0 saturated heterocycles. The van der Waals surface area contributed by atoms with Crippen molar-refractivity contribution in [2.24, 2.45) is 0 Å². The first kappa shape index (κ1) is 16.1. The van der Waals surface area contributed by atoms with Crippen molar-refractivity contribution in [1.29, 1.82) is 0 Å². The summed E-state index contributed by atoms with van der Waals surface area (Å²) in [5.41, 5.74) is 6.55. The molecular weight excluding hydrogens is 278 g/mol. The van der Waals surface area contributed by atoms with Gasteiger partial charge < -0.3 is 5.32 Å². The van der Waals surface area contributed by atoms with Gasteiger partial charge in [0.25, 0.3) is 0 Å². The lowest BCUT2D eigenvalue weighted by atomic mass is 9.89. The van der Waals surface area contributed by atoms with Crippen LogP contribution in [0.25, 0.3) is 0 Å². The summed E-state index contributed by atoms with van der Waals surface area (Å²) in [4.78, 5) is 0. The average molecular weight is 302 g/mol. The van der Waals surface area contributed by atoms with Crippen LogP contribution in [0.5, 0.6) is 0 Å². The monoisotopic (exact) mass is 301 g/mol. The summed E-state index contributed by atoms with van der Waals surface area (Å²) in [6.45, 7) is 6.50. The third-order valence-corrected chi connectivity index (χ3v) is 4.63. The Morgan fingerprint density at radius 3 is 2.43 bits per heavy atom. The van der Waals surface area contributed by atoms with Gasteiger partial charge in [-0.1, -0.05) is 55.8 Å². The van der Waals surface area contributed by atoms with Gasteiger partial charge in [-0.25, -0.2) is 0 Å². The van der Waals surface area contributed by atoms with Gasteiger partial charge in [-0.2, -0.15) is 0 Å². The summed E-state index contributed by atoms with van der Waals surface area (Å²) in [7, 11) is 2.02. The molecule has 0 fully saturated rings. The smallest absolute Gasteiger partial charge is 0.0580 e. The Morgan fingerprint density at radius 2 is 1.81 bits per heavy atom. The van der Waals surface area contributed by atoms with Gasteiger partial charge in [-0.15, -0.1) is 0 Å². The standard InChI is InChI=1S/C19H24ClN/c1-5-14-10-11-15(6-2)17(12-14)19(21-4)16-8-7-9-18(20)13(16)3/h7-12,19,21H,5-6H2,1-4H3. The third-order valence-electron chi connectivity index (χ3n) is 4.22. The van der Waals surface area contributed by atoms with E-state index in [-0.39, 0.29) is 6.04 Å². The highest BCUT2D eigenvalue weighted by atomic mass is 35.5. The van der Waals surface area contributed by atoms with Crippen LogP contribution in [0.15, 0.2) is 36.4 Å². The largest absolute Gasteiger partial charge is 0.309 e. The summed E-state index contributed by atoms with van der Waals surface area (Å²) in [6.07, 6.45) is 2.10. The van der Waals surface area contributed by atoms with E-state index in [1.165, 1.54) is 22.3 Å². The van der Waals surface area contributed by atoms with Crippen molar-refractivity contribution in [1.82, 2.24) is 5.32 Å². The zero-order chi connectivity index (χ0) is 15.4. The first-order valence-corrected chi connectivity index (χ1v) is 8.04. The van der Waals surface area contributed by atoms with Crippen molar-refractivity contribution in [3.05, 3.63) is 69.2 Å². The van der Waals surface area contributed by atoms with Gasteiger partial charge in [-0.3, -0.25) is 0 Å². The summed E-state index contributed by atoms with van der Waals surface area (Å²) in [5, 5.41) is 4.30. The van der Waals surface area contributed by atoms with Gasteiger partial charge in [0.2, 0.25) is 0 Å². The van der Waals surface area contributed by atoms with Crippen molar-refractivity contribution in [3.8, 4) is 0 Å². The Bertz CT molecular complexity index is 619. The molecule has 0 bridgehead atoms. The molecule has 1 unspecified atom stereocenters. The molecule has 0 aliphatic heterocycles. The molecule has 2 rings (SSSR count). The minimum absolute atomic E-state index is 0.185. The number of aryl methyl sites for hydroxylation is 2. The summed E-state index contributed by atoms with van der Waals surface area (Å²) in [5.74, 6) is 0. The molecule has 0 spiro atoms. The van der Waals surface area contributed by atoms with Crippen molar-refractivity contribution in [2.75, 3.05) is 7.05 Å². The first-order chi connectivity index (χ1) is 10.1. The van der Waals surface area contributed by atoms with E-state index in [4.69, 9.17) is 11.6 Å². The van der Waals surface area contributed by atoms with Crippen molar-refractivity contribution >= 4 is 11.6 Å². The zero-order valence-corrected chi connectivity index (χ0v) is 14.1. The van der Waals surface area contributed by atoms with Crippen LogP contribution in [0, 0.1) is 6.92 Å². The molecule has 2 aromatic carbocycles. The maximum Gasteiger partial charge on any atom is 0.0580 e. The number of halogens is 1. The van der Waals surface area contributed by atoms with E-state index < -0.39 is 0 Å². The van der Waals surface area contributed by atoms with Gasteiger partial charge in [-0.05, 0) is 60.7 Å². The van der Waals surface area contributed by atoms with Gasteiger partial charge in [0.05, 0.1) is 6.04 Å². The SMILES string of the molecule is CCc1ccc(CC)c(C(NC)c2cccc(Cl)c2C)c1. The van der Waals surface area contributed by atoms with Crippen LogP contribution < -0.4 is 5.32 Å². The first-order valence-electron chi connectivity index (χ1n) is 7.66. The Kier molecular flexibility index (Phi) is 5.44. The minimum atomic E-state index is 0.185. The van der Waals surface area contributed by atoms with E-state index in [1.54, 1.807) is 0 Å². The molecule has 0 aliphatic rings. The molecule has 2 heteroatoms. The van der Waals surface area contributed by atoms with Crippen LogP contribution in [0.3, 0.4) is 0 Å². The third kappa shape index (κ3) is 3.30. The Labute approximate surface area is 133 Å². The topological polar surface area (TPSA) is 12.0 Å². The Balaban J connectivity index is 2.57. The molecule has 0 saturated carbocycles. The fourth-order valence-electron chi connectivity index (χ4n) is 2.87. The molecule has 0 aliphatic carbocycles. The second kappa shape index (κ2) is 7.11. The van der Waals surface area contributed by atoms with Gasteiger partial charge in [0.1, 0.15) is 0 Å². The lowest BCUT2D eigenvalue weighted by Crippen LogP contribution is -2.20. The Hall–Kier alpha value is -1.31. The molecule has 2 aromatic rings. The molecule has 1 atom stereocenters. The molecule has 1 N–H and O–H groups in total. The normalized spacial score (nSPS) is 12.4. The predicted molar refractivity (Wildman–Crippen MR) is 92.3 cm³/mol. The molecular formula is C19H24ClN. The summed E-state index contributed by atoms with van der Waals surface area (Å²) in [6, 6.07) is 13.2. The van der Waals surface area contributed by atoms with Crippen LogP contribution in [0.4, 0.5) is 0 Å². The number of benzene rings is 2. The van der Waals surface area contributed by atoms with Crippen LogP contribution in [0.2, 0.25) is 5.02 Å². The van der Waals surface area contributed by atoms with Gasteiger partial charge in [0.15, 0.2) is 0 Å². The molecule has 0 radical (unpaired) electrons. The highest BCUT2D eigenvalue weighted by molar-refractivity contribution is 6.31. The van der Waals surface area contributed by atoms with E-state index >= 15 is 0 Å². The molecule has 0 aromatic heterocycles. The zero-order valence-electron chi connectivity index (χ0n) is 13.3. The lowest BCUT2D eigenvalue weighted by Gasteiger charge is -2.23. The van der Waals surface area contributed by atoms with Crippen molar-refractivity contribution in [3.63, 3.8) is 0 Å². The molecule has 0 heterocycles. The van der Waals surface area contributed by atoms with Crippen LogP contribution in [-0.2, 0) is 12.8 Å². The highest BCUT2D eigenvalue weighted by Gasteiger charge is 2.18. The number of rotatable bonds is 5. The maximum atomic E-state index is 6.31. The van der Waals surface area contributed by atoms with E-state index in [2.05, 4.69) is 50.4 Å². The quantitative estimate of drug-likeness (QED) is 0.812. The lowest BCUT2D eigenvalue weighted by molar-refractivity contribution is 0.679. The van der Waals surface area contributed by atoms with E-state index in [9.17, 15) is 0 Å². The molecule has 21 heavy (non-hydrogen) atoms. The van der Waals surface area contributed by atoms with E-state index in [0.717, 1.165) is 23.4 Å². The fourth-order valence-corrected chi connectivity index (χ4v) is 3.05. The fraction of sp³-hybridized carbons (Fsp3) is 0.368. The molecule has 112 valence electrons. The van der Waals surface area contributed by atoms with Gasteiger partial charge in [0, 0.05) is 5.02 Å². The maximum absolute atomic E-state index is 6.31. The number of hydrogen-bond donors (Lipinski definition) is 1. The summed E-state index contributed by atoms with van der Waals surface area (Å²) < 4.78 is 0. The van der Waals surface area contributed by atoms with Crippen molar-refractivity contribution < 1.29 is 0 Å². The van der Waals surface area contributed by atoms with Crippen LogP contribution in [0.1, 0.15) is 47.7 Å². The van der Waals surface area contributed by atoms with E-state index in [0.29, 0.717) is 0 Å². The van der Waals surface area contributed by atoms with Gasteiger partial charge >= 0.3 is 0 Å². The predicted octanol–water partition coefficient (Wildman–Crippen LogP) is 5.08. The summed E-state index contributed by atoms with van der Waals surface area (Å²) >= 11 is 6.31.